The largest absolute Gasteiger partial charge is 0.686 e. The molecule has 2 atom stereocenters. The average molecular weight is 707 g/mol. The SMILES string of the molecule is CC1=C(C=C2C(=[O+][Si-](C)(C)C(C)(C)C)C=C(O[Si-](C)(C)C(C)(C)C)C(O[Si-](C)(C)C(C)(C)C)=C2Cl)[C@@]2(C)CCCC(C)(C)[C@@H]2CC1. The Kier molecular flexibility index (Phi) is 10.8. The van der Waals surface area contributed by atoms with Crippen molar-refractivity contribution >= 4 is 42.3 Å². The van der Waals surface area contributed by atoms with Crippen molar-refractivity contribution in [1.82, 2.24) is 0 Å². The zero-order chi connectivity index (χ0) is 35.7. The fourth-order valence-electron chi connectivity index (χ4n) is 6.82. The summed E-state index contributed by atoms with van der Waals surface area (Å²) in [6.07, 6.45) is 10.7. The van der Waals surface area contributed by atoms with Gasteiger partial charge >= 0.3 is 8.32 Å². The van der Waals surface area contributed by atoms with Gasteiger partial charge in [-0.1, -0.05) is 125 Å². The van der Waals surface area contributed by atoms with Gasteiger partial charge in [0.15, 0.2) is 0 Å². The lowest BCUT2D eigenvalue weighted by molar-refractivity contribution is -0.310. The van der Waals surface area contributed by atoms with Crippen LogP contribution in [0.5, 0.6) is 0 Å². The molecule has 0 saturated heterocycles. The zero-order valence-electron chi connectivity index (χ0n) is 33.4. The van der Waals surface area contributed by atoms with Crippen LogP contribution >= 0.6 is 11.6 Å². The third-order valence-electron chi connectivity index (χ3n) is 13.1. The number of hydrogen-bond acceptors (Lipinski definition) is 2. The molecule has 0 N–H and O–H groups in total. The van der Waals surface area contributed by atoms with E-state index in [0.29, 0.717) is 22.1 Å². The van der Waals surface area contributed by atoms with E-state index < -0.39 is 25.0 Å². The van der Waals surface area contributed by atoms with Crippen LogP contribution in [0.15, 0.2) is 45.4 Å². The summed E-state index contributed by atoms with van der Waals surface area (Å²) in [7, 11) is -6.77. The monoisotopic (exact) mass is 705 g/mol. The molecular formula is C39H70ClO3Si3-2. The van der Waals surface area contributed by atoms with Gasteiger partial charge in [0.05, 0.1) is 16.7 Å². The van der Waals surface area contributed by atoms with E-state index in [0.717, 1.165) is 23.5 Å². The molecule has 0 aromatic heterocycles. The fourth-order valence-corrected chi connectivity index (χ4v) is 10.2. The number of fused-ring (bicyclic) bond motifs is 1. The Morgan fingerprint density at radius 2 is 1.35 bits per heavy atom. The minimum absolute atomic E-state index is 0.00161. The molecule has 0 unspecified atom stereocenters. The molecule has 0 aromatic carbocycles. The van der Waals surface area contributed by atoms with Gasteiger partial charge in [-0.25, -0.2) is 0 Å². The number of ketones is 1. The Hall–Kier alpha value is -0.829. The zero-order valence-corrected chi connectivity index (χ0v) is 37.1. The Labute approximate surface area is 292 Å². The average Bonchev–Trinajstić information content (AvgIpc) is 2.82. The quantitative estimate of drug-likeness (QED) is 0.156. The van der Waals surface area contributed by atoms with Gasteiger partial charge in [0.25, 0.3) is 5.78 Å². The molecule has 3 rings (SSSR count). The molecule has 3 aliphatic carbocycles. The van der Waals surface area contributed by atoms with Gasteiger partial charge in [-0.15, -0.1) is 36.3 Å². The highest BCUT2D eigenvalue weighted by molar-refractivity contribution is 6.75. The molecule has 7 heteroatoms. The lowest BCUT2D eigenvalue weighted by Crippen LogP contribution is -2.45. The minimum atomic E-state index is -2.28. The molecule has 265 valence electrons. The summed E-state index contributed by atoms with van der Waals surface area (Å²) in [6, 6.07) is 0. The van der Waals surface area contributed by atoms with Crippen LogP contribution in [0.3, 0.4) is 0 Å². The molecule has 3 nitrogen and oxygen atoms in total. The highest BCUT2D eigenvalue weighted by atomic mass is 35.5. The predicted octanol–water partition coefficient (Wildman–Crippen LogP) is 13.4. The van der Waals surface area contributed by atoms with Gasteiger partial charge in [0.1, 0.15) is 11.5 Å². The Morgan fingerprint density at radius 1 is 0.826 bits per heavy atom. The normalized spacial score (nSPS) is 27.2. The molecule has 0 heterocycles. The van der Waals surface area contributed by atoms with Crippen molar-refractivity contribution in [2.24, 2.45) is 16.7 Å². The summed E-state index contributed by atoms with van der Waals surface area (Å²) in [5.41, 5.74) is 4.31. The summed E-state index contributed by atoms with van der Waals surface area (Å²) in [5.74, 6) is 2.92. The van der Waals surface area contributed by atoms with Crippen molar-refractivity contribution in [2.75, 3.05) is 0 Å². The Morgan fingerprint density at radius 3 is 1.85 bits per heavy atom. The molecule has 1 fully saturated rings. The van der Waals surface area contributed by atoms with Crippen molar-refractivity contribution in [2.45, 2.75) is 177 Å². The molecule has 0 amide bonds. The molecule has 3 aliphatic rings. The van der Waals surface area contributed by atoms with Crippen molar-refractivity contribution in [3.63, 3.8) is 0 Å². The van der Waals surface area contributed by atoms with Crippen LogP contribution in [0.4, 0.5) is 0 Å². The highest BCUT2D eigenvalue weighted by Crippen LogP contribution is 2.60. The first kappa shape index (κ1) is 39.6. The van der Waals surface area contributed by atoms with E-state index in [4.69, 9.17) is 24.6 Å². The van der Waals surface area contributed by atoms with Crippen molar-refractivity contribution in [1.29, 1.82) is 0 Å². The fraction of sp³-hybridized carbons (Fsp3) is 0.769. The van der Waals surface area contributed by atoms with Crippen molar-refractivity contribution in [3.8, 4) is 0 Å². The number of allylic oxidation sites excluding steroid dienone is 6. The van der Waals surface area contributed by atoms with Gasteiger partial charge in [0, 0.05) is 16.6 Å². The van der Waals surface area contributed by atoms with Gasteiger partial charge in [-0.05, 0) is 61.0 Å². The van der Waals surface area contributed by atoms with Crippen LogP contribution in [-0.2, 0) is 13.0 Å². The second kappa shape index (κ2) is 12.5. The van der Waals surface area contributed by atoms with E-state index in [1.165, 1.54) is 36.8 Å². The summed E-state index contributed by atoms with van der Waals surface area (Å²) < 4.78 is 21.6. The molecule has 0 aromatic rings. The topological polar surface area (TPSA) is 29.8 Å². The molecule has 46 heavy (non-hydrogen) atoms. The molecule has 1 saturated carbocycles. The van der Waals surface area contributed by atoms with Gasteiger partial charge < -0.3 is 13.0 Å². The van der Waals surface area contributed by atoms with Gasteiger partial charge in [-0.3, -0.25) is 0 Å². The third-order valence-corrected chi connectivity index (χ3v) is 26.5. The lowest BCUT2D eigenvalue weighted by atomic mass is 9.50. The smallest absolute Gasteiger partial charge is 0.314 e. The molecule has 0 bridgehead atoms. The van der Waals surface area contributed by atoms with E-state index in [1.807, 2.05) is 0 Å². The van der Waals surface area contributed by atoms with Crippen molar-refractivity contribution < 1.29 is 13.0 Å². The maximum absolute atomic E-state index is 7.72. The van der Waals surface area contributed by atoms with Crippen LogP contribution in [0, 0.1) is 16.7 Å². The molecular weight excluding hydrogens is 636 g/mol. The van der Waals surface area contributed by atoms with Crippen LogP contribution in [0.25, 0.3) is 0 Å². The standard InChI is InChI=1S/C39H70ClO3Si3/c1-27-21-22-32-38(11,12)23-20-24-39(32,13)29(27)25-28-30(41-44(14,15)35(2,3)4)26-31(42-45(16,17)36(5,6)7)34(33(28)40)43-46(18,19)37(8,9)10/h25-26,32H,20-24H2,1-19H3/q-2/t32-,39+/m0/s1. The van der Waals surface area contributed by atoms with Gasteiger partial charge in [0.2, 0.25) is 0 Å². The Balaban J connectivity index is 2.42. The van der Waals surface area contributed by atoms with Crippen LogP contribution < -0.4 is 0 Å². The first-order chi connectivity index (χ1) is 20.4. The maximum Gasteiger partial charge on any atom is 0.314 e. The molecule has 0 aliphatic heterocycles. The summed E-state index contributed by atoms with van der Waals surface area (Å²) >= 11 is 7.72. The number of carbonyl (C=O) groups excluding carboxylic acids is 1. The van der Waals surface area contributed by atoms with E-state index >= 15 is 0 Å². The third kappa shape index (κ3) is 7.65. The summed E-state index contributed by atoms with van der Waals surface area (Å²) in [4.78, 5) is 0. The van der Waals surface area contributed by atoms with Crippen LogP contribution in [-0.4, -0.2) is 30.7 Å². The summed E-state index contributed by atoms with van der Waals surface area (Å²) in [5, 5.41) is 0.677. The first-order valence-corrected chi connectivity index (χ1v) is 27.0. The highest BCUT2D eigenvalue weighted by Gasteiger charge is 2.50. The Bertz CT molecular complexity index is 1350. The summed E-state index contributed by atoms with van der Waals surface area (Å²) in [6.45, 7) is 44.3. The lowest BCUT2D eigenvalue weighted by Gasteiger charge is -2.55. The predicted molar refractivity (Wildman–Crippen MR) is 209 cm³/mol. The van der Waals surface area contributed by atoms with Gasteiger partial charge in [-0.2, -0.15) is 0 Å². The second-order valence-electron chi connectivity index (χ2n) is 20.2. The second-order valence-corrected chi connectivity index (χ2v) is 34.8. The molecule has 0 spiro atoms. The van der Waals surface area contributed by atoms with Crippen LogP contribution in [0.2, 0.25) is 54.4 Å². The maximum atomic E-state index is 7.72. The van der Waals surface area contributed by atoms with E-state index in [9.17, 15) is 0 Å². The van der Waals surface area contributed by atoms with Crippen LogP contribution in [0.1, 0.15) is 122 Å². The number of hydrogen-bond donors (Lipinski definition) is 0. The minimum Gasteiger partial charge on any atom is -0.686 e. The van der Waals surface area contributed by atoms with Crippen molar-refractivity contribution in [3.05, 3.63) is 45.4 Å². The van der Waals surface area contributed by atoms with E-state index in [-0.39, 0.29) is 20.5 Å². The van der Waals surface area contributed by atoms with E-state index in [2.05, 4.69) is 141 Å². The number of rotatable bonds is 6. The van der Waals surface area contributed by atoms with E-state index in [1.54, 1.807) is 0 Å². The molecule has 0 radical (unpaired) electrons. The first-order valence-electron chi connectivity index (χ1n) is 17.9. The number of halogens is 1.